The zero-order valence-electron chi connectivity index (χ0n) is 17.9. The van der Waals surface area contributed by atoms with Crippen LogP contribution < -0.4 is 10.6 Å². The Bertz CT molecular complexity index is 926. The van der Waals surface area contributed by atoms with Crippen molar-refractivity contribution in [2.45, 2.75) is 45.2 Å². The summed E-state index contributed by atoms with van der Waals surface area (Å²) in [6.07, 6.45) is -0.651. The maximum atomic E-state index is 12.3. The summed E-state index contributed by atoms with van der Waals surface area (Å²) >= 11 is 0. The first-order valence-corrected chi connectivity index (χ1v) is 10.4. The molecule has 0 heterocycles. The summed E-state index contributed by atoms with van der Waals surface area (Å²) in [6, 6.07) is 14.7. The molecule has 0 fully saturated rings. The van der Waals surface area contributed by atoms with Gasteiger partial charge in [-0.1, -0.05) is 62.4 Å². The first-order chi connectivity index (χ1) is 14.8. The van der Waals surface area contributed by atoms with Crippen LogP contribution in [-0.2, 0) is 14.3 Å². The third kappa shape index (κ3) is 5.23. The van der Waals surface area contributed by atoms with E-state index in [9.17, 15) is 19.5 Å². The molecule has 2 atom stereocenters. The van der Waals surface area contributed by atoms with E-state index in [4.69, 9.17) is 4.74 Å². The van der Waals surface area contributed by atoms with Gasteiger partial charge in [0.1, 0.15) is 12.6 Å². The molecule has 1 aliphatic rings. The number of aliphatic carboxylic acids is 1. The average Bonchev–Trinajstić information content (AvgIpc) is 3.04. The van der Waals surface area contributed by atoms with Crippen LogP contribution in [0, 0.1) is 5.92 Å². The number of amides is 2. The minimum Gasteiger partial charge on any atom is -0.480 e. The fourth-order valence-electron chi connectivity index (χ4n) is 3.92. The van der Waals surface area contributed by atoms with Gasteiger partial charge in [0.05, 0.1) is 0 Å². The van der Waals surface area contributed by atoms with Gasteiger partial charge in [-0.25, -0.2) is 9.59 Å². The molecule has 31 heavy (non-hydrogen) atoms. The summed E-state index contributed by atoms with van der Waals surface area (Å²) in [5.74, 6) is -1.81. The second-order valence-electron chi connectivity index (χ2n) is 8.20. The lowest BCUT2D eigenvalue weighted by atomic mass is 9.98. The number of carbonyl (C=O) groups is 3. The van der Waals surface area contributed by atoms with Gasteiger partial charge in [-0.15, -0.1) is 0 Å². The monoisotopic (exact) mass is 424 g/mol. The molecule has 2 aromatic carbocycles. The van der Waals surface area contributed by atoms with Gasteiger partial charge in [0.15, 0.2) is 0 Å². The Morgan fingerprint density at radius 2 is 1.48 bits per heavy atom. The Hall–Kier alpha value is -3.35. The number of ether oxygens (including phenoxy) is 1. The van der Waals surface area contributed by atoms with Gasteiger partial charge >= 0.3 is 12.1 Å². The van der Waals surface area contributed by atoms with Crippen LogP contribution in [0.15, 0.2) is 48.5 Å². The molecule has 3 rings (SSSR count). The van der Waals surface area contributed by atoms with Crippen LogP contribution in [0.25, 0.3) is 11.1 Å². The van der Waals surface area contributed by atoms with Crippen LogP contribution in [0.3, 0.4) is 0 Å². The molecular formula is C24H28N2O5. The number of alkyl carbamates (subject to hydrolysis) is 1. The molecule has 0 unspecified atom stereocenters. The largest absolute Gasteiger partial charge is 0.480 e. The summed E-state index contributed by atoms with van der Waals surface area (Å²) in [7, 11) is 0. The SMILES string of the molecule is CC(C)[C@@H](NC(=O)C[C@H](C)NC(=O)OCC1c2ccccc2-c2ccccc21)C(=O)O. The number of benzene rings is 2. The van der Waals surface area contributed by atoms with E-state index in [-0.39, 0.29) is 24.9 Å². The third-order valence-corrected chi connectivity index (χ3v) is 5.45. The van der Waals surface area contributed by atoms with E-state index < -0.39 is 30.1 Å². The topological polar surface area (TPSA) is 105 Å². The number of hydrogen-bond acceptors (Lipinski definition) is 4. The second kappa shape index (κ2) is 9.64. The van der Waals surface area contributed by atoms with Crippen molar-refractivity contribution in [3.05, 3.63) is 59.7 Å². The molecule has 164 valence electrons. The van der Waals surface area contributed by atoms with E-state index in [0.29, 0.717) is 0 Å². The number of nitrogens with one attached hydrogen (secondary N) is 2. The smallest absolute Gasteiger partial charge is 0.407 e. The molecule has 0 spiro atoms. The van der Waals surface area contributed by atoms with E-state index in [1.165, 1.54) is 0 Å². The fourth-order valence-corrected chi connectivity index (χ4v) is 3.92. The van der Waals surface area contributed by atoms with E-state index >= 15 is 0 Å². The molecule has 7 nitrogen and oxygen atoms in total. The highest BCUT2D eigenvalue weighted by molar-refractivity contribution is 5.84. The Kier molecular flexibility index (Phi) is 6.95. The average molecular weight is 424 g/mol. The molecule has 2 amide bonds. The lowest BCUT2D eigenvalue weighted by molar-refractivity contribution is -0.143. The molecule has 0 aliphatic heterocycles. The van der Waals surface area contributed by atoms with Crippen molar-refractivity contribution >= 4 is 18.0 Å². The molecule has 0 saturated carbocycles. The van der Waals surface area contributed by atoms with Crippen molar-refractivity contribution in [2.24, 2.45) is 5.92 Å². The highest BCUT2D eigenvalue weighted by atomic mass is 16.5. The third-order valence-electron chi connectivity index (χ3n) is 5.45. The van der Waals surface area contributed by atoms with Gasteiger partial charge in [0, 0.05) is 18.4 Å². The van der Waals surface area contributed by atoms with Crippen molar-refractivity contribution in [3.8, 4) is 11.1 Å². The van der Waals surface area contributed by atoms with Gasteiger partial charge < -0.3 is 20.5 Å². The predicted molar refractivity (Wildman–Crippen MR) is 117 cm³/mol. The van der Waals surface area contributed by atoms with Crippen LogP contribution in [0.4, 0.5) is 4.79 Å². The molecule has 7 heteroatoms. The standard InChI is InChI=1S/C24H28N2O5/c1-14(2)22(23(28)29)26-21(27)12-15(3)25-24(30)31-13-20-18-10-6-4-8-16(18)17-9-5-7-11-19(17)20/h4-11,14-15,20,22H,12-13H2,1-3H3,(H,25,30)(H,26,27)(H,28,29)/t15-,22+/m0/s1. The van der Waals surface area contributed by atoms with E-state index in [1.54, 1.807) is 20.8 Å². The number of carboxylic acids is 1. The van der Waals surface area contributed by atoms with E-state index in [1.807, 2.05) is 36.4 Å². The number of rotatable bonds is 8. The minimum absolute atomic E-state index is 0.0410. The summed E-state index contributed by atoms with van der Waals surface area (Å²) < 4.78 is 5.47. The van der Waals surface area contributed by atoms with Gasteiger partial charge in [0.25, 0.3) is 0 Å². The molecule has 0 saturated heterocycles. The highest BCUT2D eigenvalue weighted by Crippen LogP contribution is 2.44. The van der Waals surface area contributed by atoms with Gasteiger partial charge in [-0.2, -0.15) is 0 Å². The minimum atomic E-state index is -1.08. The number of carbonyl (C=O) groups excluding carboxylic acids is 2. The summed E-state index contributed by atoms with van der Waals surface area (Å²) in [4.78, 5) is 35.6. The van der Waals surface area contributed by atoms with Crippen LogP contribution in [0.2, 0.25) is 0 Å². The molecule has 0 bridgehead atoms. The molecule has 3 N–H and O–H groups in total. The molecule has 0 radical (unpaired) electrons. The second-order valence-corrected chi connectivity index (χ2v) is 8.20. The fraction of sp³-hybridized carbons (Fsp3) is 0.375. The zero-order chi connectivity index (χ0) is 22.5. The van der Waals surface area contributed by atoms with Gasteiger partial charge in [-0.3, -0.25) is 4.79 Å². The molecule has 2 aromatic rings. The normalized spacial score (nSPS) is 14.3. The zero-order valence-corrected chi connectivity index (χ0v) is 17.9. The highest BCUT2D eigenvalue weighted by Gasteiger charge is 2.29. The van der Waals surface area contributed by atoms with Crippen molar-refractivity contribution in [1.29, 1.82) is 0 Å². The van der Waals surface area contributed by atoms with Crippen molar-refractivity contribution < 1.29 is 24.2 Å². The Labute approximate surface area is 181 Å². The first-order valence-electron chi connectivity index (χ1n) is 10.4. The van der Waals surface area contributed by atoms with Crippen LogP contribution >= 0.6 is 0 Å². The lowest BCUT2D eigenvalue weighted by Gasteiger charge is -2.20. The number of carboxylic acid groups (broad SMARTS) is 1. The van der Waals surface area contributed by atoms with Crippen LogP contribution in [0.1, 0.15) is 44.2 Å². The number of fused-ring (bicyclic) bond motifs is 3. The first kappa shape index (κ1) is 22.3. The van der Waals surface area contributed by atoms with Gasteiger partial charge in [0.2, 0.25) is 5.91 Å². The van der Waals surface area contributed by atoms with Gasteiger partial charge in [-0.05, 0) is 35.1 Å². The van der Waals surface area contributed by atoms with E-state index in [0.717, 1.165) is 22.3 Å². The van der Waals surface area contributed by atoms with Crippen LogP contribution in [0.5, 0.6) is 0 Å². The van der Waals surface area contributed by atoms with Crippen molar-refractivity contribution in [3.63, 3.8) is 0 Å². The van der Waals surface area contributed by atoms with Crippen molar-refractivity contribution in [2.75, 3.05) is 6.61 Å². The Morgan fingerprint density at radius 3 is 2.00 bits per heavy atom. The molecule has 1 aliphatic carbocycles. The maximum Gasteiger partial charge on any atom is 0.407 e. The van der Waals surface area contributed by atoms with E-state index in [2.05, 4.69) is 22.8 Å². The summed E-state index contributed by atoms with van der Waals surface area (Å²) in [6.45, 7) is 5.30. The maximum absolute atomic E-state index is 12.3. The quantitative estimate of drug-likeness (QED) is 0.601. The Morgan fingerprint density at radius 1 is 0.935 bits per heavy atom. The molecular weight excluding hydrogens is 396 g/mol. The predicted octanol–water partition coefficient (Wildman–Crippen LogP) is 3.53. The van der Waals surface area contributed by atoms with Crippen molar-refractivity contribution in [1.82, 2.24) is 10.6 Å². The lowest BCUT2D eigenvalue weighted by Crippen LogP contribution is -2.46. The Balaban J connectivity index is 1.54. The number of hydrogen-bond donors (Lipinski definition) is 3. The molecule has 0 aromatic heterocycles. The summed E-state index contributed by atoms with van der Waals surface area (Å²) in [5, 5.41) is 14.3. The summed E-state index contributed by atoms with van der Waals surface area (Å²) in [5.41, 5.74) is 4.54. The van der Waals surface area contributed by atoms with Crippen LogP contribution in [-0.4, -0.2) is 41.8 Å².